The minimum absolute atomic E-state index is 0.216. The summed E-state index contributed by atoms with van der Waals surface area (Å²) in [6.07, 6.45) is 4.80. The van der Waals surface area contributed by atoms with E-state index in [0.29, 0.717) is 10.9 Å². The Morgan fingerprint density at radius 3 is 2.68 bits per heavy atom. The molecule has 1 aromatic rings. The highest BCUT2D eigenvalue weighted by atomic mass is 35.5. The Morgan fingerprint density at radius 2 is 2.16 bits per heavy atom. The molecule has 0 saturated carbocycles. The molecule has 2 N–H and O–H groups in total. The van der Waals surface area contributed by atoms with E-state index in [2.05, 4.69) is 19.2 Å². The highest BCUT2D eigenvalue weighted by Crippen LogP contribution is 2.24. The summed E-state index contributed by atoms with van der Waals surface area (Å²) in [7, 11) is 0. The third kappa shape index (κ3) is 5.11. The van der Waals surface area contributed by atoms with Crippen molar-refractivity contribution < 1.29 is 9.90 Å². The molecular formula is C15H22ClNO2. The Balaban J connectivity index is 2.59. The second-order valence-electron chi connectivity index (χ2n) is 4.80. The fourth-order valence-corrected chi connectivity index (χ4v) is 2.24. The minimum Gasteiger partial charge on any atom is -0.478 e. The highest BCUT2D eigenvalue weighted by molar-refractivity contribution is 6.33. The molecule has 0 radical (unpaired) electrons. The van der Waals surface area contributed by atoms with Crippen LogP contribution in [0.25, 0.3) is 0 Å². The van der Waals surface area contributed by atoms with Crippen LogP contribution in [-0.2, 0) is 0 Å². The molecular weight excluding hydrogens is 262 g/mol. The maximum atomic E-state index is 10.8. The van der Waals surface area contributed by atoms with E-state index in [9.17, 15) is 4.79 Å². The van der Waals surface area contributed by atoms with E-state index >= 15 is 0 Å². The fourth-order valence-electron chi connectivity index (χ4n) is 1.99. The largest absolute Gasteiger partial charge is 0.478 e. The van der Waals surface area contributed by atoms with Gasteiger partial charge in [-0.1, -0.05) is 44.7 Å². The van der Waals surface area contributed by atoms with Crippen LogP contribution in [0.1, 0.15) is 49.9 Å². The number of halogens is 1. The van der Waals surface area contributed by atoms with Crippen molar-refractivity contribution in [1.29, 1.82) is 0 Å². The molecule has 0 heterocycles. The predicted molar refractivity (Wildman–Crippen MR) is 80.2 cm³/mol. The molecule has 0 aliphatic heterocycles. The van der Waals surface area contributed by atoms with Gasteiger partial charge in [0, 0.05) is 6.54 Å². The van der Waals surface area contributed by atoms with Crippen molar-refractivity contribution in [3.8, 4) is 0 Å². The first-order valence-electron chi connectivity index (χ1n) is 6.85. The van der Waals surface area contributed by atoms with Crippen molar-refractivity contribution in [2.45, 2.75) is 39.5 Å². The molecule has 1 aromatic carbocycles. The molecule has 1 unspecified atom stereocenters. The van der Waals surface area contributed by atoms with Crippen LogP contribution in [0.15, 0.2) is 18.2 Å². The summed E-state index contributed by atoms with van der Waals surface area (Å²) in [4.78, 5) is 10.8. The van der Waals surface area contributed by atoms with Crippen molar-refractivity contribution >= 4 is 23.3 Å². The number of benzene rings is 1. The summed E-state index contributed by atoms with van der Waals surface area (Å²) in [5, 5.41) is 12.7. The third-order valence-electron chi connectivity index (χ3n) is 3.34. The molecule has 0 spiro atoms. The van der Waals surface area contributed by atoms with Gasteiger partial charge in [0.05, 0.1) is 16.3 Å². The van der Waals surface area contributed by atoms with Crippen molar-refractivity contribution in [1.82, 2.24) is 0 Å². The summed E-state index contributed by atoms with van der Waals surface area (Å²) >= 11 is 6.08. The van der Waals surface area contributed by atoms with Crippen LogP contribution >= 0.6 is 11.6 Å². The van der Waals surface area contributed by atoms with E-state index in [-0.39, 0.29) is 5.56 Å². The van der Waals surface area contributed by atoms with Crippen LogP contribution in [0.4, 0.5) is 5.69 Å². The van der Waals surface area contributed by atoms with Crippen LogP contribution in [0.2, 0.25) is 5.02 Å². The van der Waals surface area contributed by atoms with Crippen LogP contribution in [0, 0.1) is 5.92 Å². The van der Waals surface area contributed by atoms with Gasteiger partial charge in [-0.05, 0) is 30.5 Å². The molecule has 19 heavy (non-hydrogen) atoms. The molecule has 0 amide bonds. The molecule has 0 aromatic heterocycles. The number of rotatable bonds is 8. The van der Waals surface area contributed by atoms with Gasteiger partial charge < -0.3 is 10.4 Å². The fraction of sp³-hybridized carbons (Fsp3) is 0.533. The van der Waals surface area contributed by atoms with Crippen molar-refractivity contribution in [3.63, 3.8) is 0 Å². The number of carboxylic acids is 1. The minimum atomic E-state index is -0.956. The van der Waals surface area contributed by atoms with Gasteiger partial charge in [0.15, 0.2) is 0 Å². The number of nitrogens with one attached hydrogen (secondary N) is 1. The topological polar surface area (TPSA) is 49.3 Å². The Kier molecular flexibility index (Phi) is 6.71. The van der Waals surface area contributed by atoms with E-state index in [1.54, 1.807) is 12.1 Å². The summed E-state index contributed by atoms with van der Waals surface area (Å²) in [6.45, 7) is 5.27. The first-order chi connectivity index (χ1) is 9.08. The van der Waals surface area contributed by atoms with Crippen molar-refractivity contribution in [2.75, 3.05) is 11.9 Å². The molecule has 4 heteroatoms. The van der Waals surface area contributed by atoms with Gasteiger partial charge in [-0.15, -0.1) is 0 Å². The molecule has 3 nitrogen and oxygen atoms in total. The Bertz CT molecular complexity index is 421. The first kappa shape index (κ1) is 15.8. The molecule has 1 rings (SSSR count). The van der Waals surface area contributed by atoms with Gasteiger partial charge in [-0.25, -0.2) is 4.79 Å². The molecule has 106 valence electrons. The molecule has 0 bridgehead atoms. The van der Waals surface area contributed by atoms with E-state index < -0.39 is 5.97 Å². The lowest BCUT2D eigenvalue weighted by molar-refractivity contribution is 0.0697. The highest BCUT2D eigenvalue weighted by Gasteiger charge is 2.09. The number of hydrogen-bond donors (Lipinski definition) is 2. The van der Waals surface area contributed by atoms with Gasteiger partial charge in [0.1, 0.15) is 0 Å². The normalized spacial score (nSPS) is 12.2. The average Bonchev–Trinajstić information content (AvgIpc) is 2.40. The second kappa shape index (κ2) is 8.05. The maximum Gasteiger partial charge on any atom is 0.335 e. The van der Waals surface area contributed by atoms with Gasteiger partial charge >= 0.3 is 5.97 Å². The average molecular weight is 284 g/mol. The van der Waals surface area contributed by atoms with Crippen molar-refractivity contribution in [3.05, 3.63) is 28.8 Å². The number of aromatic carboxylic acids is 1. The Labute approximate surface area is 120 Å². The van der Waals surface area contributed by atoms with Crippen molar-refractivity contribution in [2.24, 2.45) is 5.92 Å². The smallest absolute Gasteiger partial charge is 0.335 e. The summed E-state index contributed by atoms with van der Waals surface area (Å²) in [5.41, 5.74) is 1.02. The number of carboxylic acid groups (broad SMARTS) is 1. The molecule has 0 saturated heterocycles. The van der Waals surface area contributed by atoms with Gasteiger partial charge in [0.25, 0.3) is 0 Å². The Hall–Kier alpha value is -1.22. The summed E-state index contributed by atoms with van der Waals surface area (Å²) in [6, 6.07) is 4.79. The van der Waals surface area contributed by atoms with Crippen LogP contribution < -0.4 is 5.32 Å². The predicted octanol–water partition coefficient (Wildman–Crippen LogP) is 4.67. The number of hydrogen-bond acceptors (Lipinski definition) is 2. The standard InChI is InChI=1S/C15H22ClNO2/c1-3-5-6-11(4-2)10-17-14-8-7-12(15(18)19)9-13(14)16/h7-9,11,17H,3-6,10H2,1-2H3,(H,18,19). The van der Waals surface area contributed by atoms with E-state index in [0.717, 1.165) is 18.7 Å². The van der Waals surface area contributed by atoms with Crippen LogP contribution in [0.5, 0.6) is 0 Å². The summed E-state index contributed by atoms with van der Waals surface area (Å²) < 4.78 is 0. The van der Waals surface area contributed by atoms with Gasteiger partial charge in [0.2, 0.25) is 0 Å². The van der Waals surface area contributed by atoms with Gasteiger partial charge in [-0.2, -0.15) is 0 Å². The maximum absolute atomic E-state index is 10.8. The van der Waals surface area contributed by atoms with E-state index in [1.165, 1.54) is 25.3 Å². The van der Waals surface area contributed by atoms with E-state index in [4.69, 9.17) is 16.7 Å². The van der Waals surface area contributed by atoms with Gasteiger partial charge in [-0.3, -0.25) is 0 Å². The second-order valence-corrected chi connectivity index (χ2v) is 5.20. The lowest BCUT2D eigenvalue weighted by Crippen LogP contribution is -2.14. The third-order valence-corrected chi connectivity index (χ3v) is 3.65. The zero-order valence-electron chi connectivity index (χ0n) is 11.6. The quantitative estimate of drug-likeness (QED) is 0.729. The molecule has 0 aliphatic carbocycles. The number of unbranched alkanes of at least 4 members (excludes halogenated alkanes) is 1. The SMILES string of the molecule is CCCCC(CC)CNc1ccc(C(=O)O)cc1Cl. The summed E-state index contributed by atoms with van der Waals surface area (Å²) in [5.74, 6) is -0.321. The molecule has 0 fully saturated rings. The monoisotopic (exact) mass is 283 g/mol. The zero-order valence-corrected chi connectivity index (χ0v) is 12.3. The Morgan fingerprint density at radius 1 is 1.42 bits per heavy atom. The number of carbonyl (C=O) groups is 1. The van der Waals surface area contributed by atoms with E-state index in [1.807, 2.05) is 0 Å². The lowest BCUT2D eigenvalue weighted by Gasteiger charge is -2.17. The molecule has 1 atom stereocenters. The van der Waals surface area contributed by atoms with Crippen LogP contribution in [0.3, 0.4) is 0 Å². The molecule has 0 aliphatic rings. The number of anilines is 1. The van der Waals surface area contributed by atoms with Crippen LogP contribution in [-0.4, -0.2) is 17.6 Å². The zero-order chi connectivity index (χ0) is 14.3. The lowest BCUT2D eigenvalue weighted by atomic mass is 9.99. The first-order valence-corrected chi connectivity index (χ1v) is 7.23.